The van der Waals surface area contributed by atoms with Crippen molar-refractivity contribution in [2.45, 2.75) is 13.3 Å². The molecule has 0 saturated carbocycles. The number of nitriles is 1. The van der Waals surface area contributed by atoms with Crippen LogP contribution in [0.25, 0.3) is 15.8 Å². The van der Waals surface area contributed by atoms with Gasteiger partial charge in [0.2, 0.25) is 5.78 Å². The highest BCUT2D eigenvalue weighted by Gasteiger charge is 2.25. The third-order valence-corrected chi connectivity index (χ3v) is 7.54. The summed E-state index contributed by atoms with van der Waals surface area (Å²) in [5.74, 6) is -0.0462. The molecule has 39 heavy (non-hydrogen) atoms. The number of nitrogens with zero attached hydrogens (tertiary/aromatic N) is 3. The summed E-state index contributed by atoms with van der Waals surface area (Å²) < 4.78 is 2.62. The van der Waals surface area contributed by atoms with E-state index in [9.17, 15) is 14.9 Å². The van der Waals surface area contributed by atoms with Gasteiger partial charge in [-0.15, -0.1) is 11.3 Å². The average molecular weight is 554 g/mol. The van der Waals surface area contributed by atoms with Crippen molar-refractivity contribution in [1.29, 1.82) is 5.26 Å². The Hall–Kier alpha value is -4.45. The Bertz CT molecular complexity index is 1670. The van der Waals surface area contributed by atoms with Crippen molar-refractivity contribution in [2.24, 2.45) is 0 Å². The molecule has 194 valence electrons. The number of halogens is 1. The van der Waals surface area contributed by atoms with Crippen molar-refractivity contribution < 1.29 is 9.59 Å². The highest BCUT2D eigenvalue weighted by molar-refractivity contribution is 7.20. The van der Waals surface area contributed by atoms with E-state index in [0.717, 1.165) is 15.6 Å². The van der Waals surface area contributed by atoms with E-state index in [1.54, 1.807) is 41.1 Å². The van der Waals surface area contributed by atoms with Gasteiger partial charge in [0.1, 0.15) is 17.5 Å². The van der Waals surface area contributed by atoms with Crippen LogP contribution >= 0.6 is 22.9 Å². The number of hydrogen-bond acceptors (Lipinski definition) is 6. The van der Waals surface area contributed by atoms with Crippen molar-refractivity contribution >= 4 is 50.5 Å². The smallest absolute Gasteiger partial charge is 0.261 e. The van der Waals surface area contributed by atoms with Gasteiger partial charge in [0.25, 0.3) is 5.91 Å². The molecule has 2 aromatic heterocycles. The van der Waals surface area contributed by atoms with E-state index in [0.29, 0.717) is 46.5 Å². The van der Waals surface area contributed by atoms with E-state index in [2.05, 4.69) is 21.8 Å². The number of carbonyl (C=O) groups excluding carboxylic acids is 2. The molecular weight excluding hydrogens is 530 g/mol. The summed E-state index contributed by atoms with van der Waals surface area (Å²) in [6.07, 6.45) is 0.592. The number of anilines is 1. The number of hydrogen-bond donors (Lipinski definition) is 2. The number of ketones is 1. The lowest BCUT2D eigenvalue weighted by Crippen LogP contribution is -2.25. The first kappa shape index (κ1) is 26.2. The second-order valence-corrected chi connectivity index (χ2v) is 10.5. The minimum atomic E-state index is -0.335. The van der Waals surface area contributed by atoms with Crippen molar-refractivity contribution in [2.75, 3.05) is 18.4 Å². The maximum atomic E-state index is 13.3. The van der Waals surface area contributed by atoms with Gasteiger partial charge in [-0.1, -0.05) is 59.6 Å². The average Bonchev–Trinajstić information content (AvgIpc) is 3.55. The highest BCUT2D eigenvalue weighted by atomic mass is 35.5. The standard InChI is InChI=1S/C30H24ClN5O2S/c1-19-7-9-20(10-8-19)28(37)27-24(18-32)29(36(35-27)23-13-11-22(31)12-14-23)33-15-4-16-34-30(38)26-17-21-5-2-3-6-25(21)39-26/h2-3,5-14,17,33H,4,15-16H2,1H3,(H,34,38). The molecule has 7 nitrogen and oxygen atoms in total. The van der Waals surface area contributed by atoms with Crippen LogP contribution in [0.5, 0.6) is 0 Å². The van der Waals surface area contributed by atoms with Crippen LogP contribution in [0, 0.1) is 18.3 Å². The summed E-state index contributed by atoms with van der Waals surface area (Å²) >= 11 is 7.53. The fourth-order valence-corrected chi connectivity index (χ4v) is 5.24. The van der Waals surface area contributed by atoms with Crippen LogP contribution in [0.1, 0.15) is 43.3 Å². The Labute approximate surface area is 234 Å². The van der Waals surface area contributed by atoms with Crippen molar-refractivity contribution in [3.8, 4) is 11.8 Å². The molecular formula is C30H24ClN5O2S. The summed E-state index contributed by atoms with van der Waals surface area (Å²) in [5.41, 5.74) is 2.36. The lowest BCUT2D eigenvalue weighted by Gasteiger charge is -2.11. The molecule has 5 aromatic rings. The molecule has 0 spiro atoms. The van der Waals surface area contributed by atoms with Crippen molar-refractivity contribution in [1.82, 2.24) is 15.1 Å². The SMILES string of the molecule is Cc1ccc(C(=O)c2nn(-c3ccc(Cl)cc3)c(NCCCNC(=O)c3cc4ccccc4s3)c2C#N)cc1. The molecule has 2 heterocycles. The summed E-state index contributed by atoms with van der Waals surface area (Å²) in [6.45, 7) is 2.82. The predicted molar refractivity (Wildman–Crippen MR) is 155 cm³/mol. The van der Waals surface area contributed by atoms with Crippen LogP contribution in [0.2, 0.25) is 5.02 Å². The molecule has 0 saturated heterocycles. The molecule has 1 amide bonds. The topological polar surface area (TPSA) is 99.8 Å². The monoisotopic (exact) mass is 553 g/mol. The van der Waals surface area contributed by atoms with E-state index in [1.807, 2.05) is 49.4 Å². The first-order chi connectivity index (χ1) is 18.9. The largest absolute Gasteiger partial charge is 0.369 e. The van der Waals surface area contributed by atoms with Crippen LogP contribution in [-0.2, 0) is 0 Å². The number of carbonyl (C=O) groups is 2. The number of aryl methyl sites for hydroxylation is 1. The quantitative estimate of drug-likeness (QED) is 0.163. The van der Waals surface area contributed by atoms with Gasteiger partial charge in [-0.2, -0.15) is 10.4 Å². The zero-order chi connectivity index (χ0) is 27.4. The first-order valence-electron chi connectivity index (χ1n) is 12.4. The van der Waals surface area contributed by atoms with Crippen LogP contribution in [0.15, 0.2) is 78.9 Å². The van der Waals surface area contributed by atoms with Crippen molar-refractivity contribution in [3.63, 3.8) is 0 Å². The maximum absolute atomic E-state index is 13.3. The van der Waals surface area contributed by atoms with E-state index in [4.69, 9.17) is 11.6 Å². The van der Waals surface area contributed by atoms with E-state index >= 15 is 0 Å². The summed E-state index contributed by atoms with van der Waals surface area (Å²) in [5, 5.41) is 22.4. The number of thiophene rings is 1. The lowest BCUT2D eigenvalue weighted by atomic mass is 10.0. The van der Waals surface area contributed by atoms with Crippen molar-refractivity contribution in [3.05, 3.63) is 111 Å². The Kier molecular flexibility index (Phi) is 7.73. The minimum Gasteiger partial charge on any atom is -0.369 e. The van der Waals surface area contributed by atoms with E-state index in [1.165, 1.54) is 11.3 Å². The van der Waals surface area contributed by atoms with E-state index < -0.39 is 0 Å². The zero-order valence-corrected chi connectivity index (χ0v) is 22.6. The van der Waals surface area contributed by atoms with Crippen LogP contribution in [0.4, 0.5) is 5.82 Å². The van der Waals surface area contributed by atoms with Gasteiger partial charge in [0, 0.05) is 28.4 Å². The lowest BCUT2D eigenvalue weighted by molar-refractivity contribution is 0.0957. The molecule has 0 aliphatic carbocycles. The maximum Gasteiger partial charge on any atom is 0.261 e. The number of nitrogens with one attached hydrogen (secondary N) is 2. The molecule has 0 radical (unpaired) electrons. The molecule has 9 heteroatoms. The number of amides is 1. The number of fused-ring (bicyclic) bond motifs is 1. The van der Waals surface area contributed by atoms with Gasteiger partial charge in [0.05, 0.1) is 10.6 Å². The van der Waals surface area contributed by atoms with Gasteiger partial charge < -0.3 is 10.6 Å². The third-order valence-electron chi connectivity index (χ3n) is 6.18. The minimum absolute atomic E-state index is 0.0665. The molecule has 2 N–H and O–H groups in total. The van der Waals surface area contributed by atoms with Crippen LogP contribution in [0.3, 0.4) is 0 Å². The Balaban J connectivity index is 1.32. The third kappa shape index (κ3) is 5.70. The molecule has 0 atom stereocenters. The molecule has 0 fully saturated rings. The molecule has 0 bridgehead atoms. The second kappa shape index (κ2) is 11.5. The van der Waals surface area contributed by atoms with Gasteiger partial charge >= 0.3 is 0 Å². The fraction of sp³-hybridized carbons (Fsp3) is 0.133. The Morgan fingerprint density at radius 2 is 1.77 bits per heavy atom. The number of benzene rings is 3. The molecule has 3 aromatic carbocycles. The Morgan fingerprint density at radius 1 is 1.03 bits per heavy atom. The normalized spacial score (nSPS) is 10.8. The summed E-state index contributed by atoms with van der Waals surface area (Å²) in [6, 6.07) is 26.1. The zero-order valence-electron chi connectivity index (χ0n) is 21.1. The first-order valence-corrected chi connectivity index (χ1v) is 13.5. The summed E-state index contributed by atoms with van der Waals surface area (Å²) in [4.78, 5) is 26.6. The molecule has 5 rings (SSSR count). The number of aromatic nitrogens is 2. The van der Waals surface area contributed by atoms with Gasteiger partial charge in [-0.25, -0.2) is 4.68 Å². The van der Waals surface area contributed by atoms with Gasteiger partial charge in [0.15, 0.2) is 5.69 Å². The van der Waals surface area contributed by atoms with Crippen LogP contribution < -0.4 is 10.6 Å². The predicted octanol–water partition coefficient (Wildman–Crippen LogP) is 6.38. The summed E-state index contributed by atoms with van der Waals surface area (Å²) in [7, 11) is 0. The van der Waals surface area contributed by atoms with Gasteiger partial charge in [-0.3, -0.25) is 9.59 Å². The van der Waals surface area contributed by atoms with E-state index in [-0.39, 0.29) is 22.9 Å². The second-order valence-electron chi connectivity index (χ2n) is 8.95. The van der Waals surface area contributed by atoms with Crippen LogP contribution in [-0.4, -0.2) is 34.6 Å². The van der Waals surface area contributed by atoms with Gasteiger partial charge in [-0.05, 0) is 55.1 Å². The highest BCUT2D eigenvalue weighted by Crippen LogP contribution is 2.27. The number of rotatable bonds is 9. The molecule has 0 unspecified atom stereocenters. The molecule has 0 aliphatic heterocycles. The molecule has 0 aliphatic rings. The fourth-order valence-electron chi connectivity index (χ4n) is 4.13. The Morgan fingerprint density at radius 3 is 2.49 bits per heavy atom.